The summed E-state index contributed by atoms with van der Waals surface area (Å²) in [5.74, 6) is 5.63. The Morgan fingerprint density at radius 3 is 2.53 bits per heavy atom. The average Bonchev–Trinajstić information content (AvgIpc) is 2.86. The molecule has 0 fully saturated rings. The molecule has 2 rings (SSSR count). The molecule has 2 aromatic rings. The van der Waals surface area contributed by atoms with Crippen LogP contribution in [-0.4, -0.2) is 20.8 Å². The van der Waals surface area contributed by atoms with Gasteiger partial charge >= 0.3 is 0 Å². The van der Waals surface area contributed by atoms with Gasteiger partial charge in [0.2, 0.25) is 0 Å². The second kappa shape index (κ2) is 7.01. The SMILES string of the molecule is Cn1nccc1CCC(CCc1ccncc1)NN. The van der Waals surface area contributed by atoms with Crippen molar-refractivity contribution in [2.45, 2.75) is 31.7 Å². The van der Waals surface area contributed by atoms with Crippen LogP contribution in [0, 0.1) is 0 Å². The summed E-state index contributed by atoms with van der Waals surface area (Å²) >= 11 is 0. The number of hydrazine groups is 1. The van der Waals surface area contributed by atoms with E-state index in [1.165, 1.54) is 11.3 Å². The number of pyridine rings is 1. The third kappa shape index (κ3) is 4.15. The van der Waals surface area contributed by atoms with E-state index in [1.54, 1.807) is 0 Å². The number of aryl methyl sites for hydroxylation is 3. The van der Waals surface area contributed by atoms with Crippen molar-refractivity contribution in [2.24, 2.45) is 12.9 Å². The number of nitrogens with one attached hydrogen (secondary N) is 1. The Labute approximate surface area is 113 Å². The largest absolute Gasteiger partial charge is 0.273 e. The fourth-order valence-electron chi connectivity index (χ4n) is 2.17. The van der Waals surface area contributed by atoms with E-state index in [9.17, 15) is 0 Å². The van der Waals surface area contributed by atoms with Crippen molar-refractivity contribution >= 4 is 0 Å². The minimum absolute atomic E-state index is 0.322. The molecule has 0 aliphatic heterocycles. The summed E-state index contributed by atoms with van der Waals surface area (Å²) in [4.78, 5) is 4.02. The Hall–Kier alpha value is -1.72. The van der Waals surface area contributed by atoms with Crippen LogP contribution in [0.1, 0.15) is 24.1 Å². The van der Waals surface area contributed by atoms with Crippen LogP contribution in [0.5, 0.6) is 0 Å². The summed E-state index contributed by atoms with van der Waals surface area (Å²) in [5, 5.41) is 4.17. The molecule has 5 nitrogen and oxygen atoms in total. The molecule has 0 bridgehead atoms. The fourth-order valence-corrected chi connectivity index (χ4v) is 2.17. The van der Waals surface area contributed by atoms with Crippen molar-refractivity contribution < 1.29 is 0 Å². The van der Waals surface area contributed by atoms with Gasteiger partial charge in [-0.3, -0.25) is 20.9 Å². The average molecular weight is 259 g/mol. The summed E-state index contributed by atoms with van der Waals surface area (Å²) in [6, 6.07) is 6.47. The zero-order chi connectivity index (χ0) is 13.5. The molecule has 0 aliphatic rings. The van der Waals surface area contributed by atoms with Crippen molar-refractivity contribution in [3.8, 4) is 0 Å². The minimum atomic E-state index is 0.322. The quantitative estimate of drug-likeness (QED) is 0.579. The van der Waals surface area contributed by atoms with Crippen LogP contribution in [0.15, 0.2) is 36.8 Å². The first kappa shape index (κ1) is 13.7. The van der Waals surface area contributed by atoms with Gasteiger partial charge in [-0.15, -0.1) is 0 Å². The normalized spacial score (nSPS) is 12.5. The lowest BCUT2D eigenvalue weighted by Crippen LogP contribution is -2.36. The smallest absolute Gasteiger partial charge is 0.0492 e. The zero-order valence-electron chi connectivity index (χ0n) is 11.3. The first-order chi connectivity index (χ1) is 9.29. The molecule has 0 aliphatic carbocycles. The van der Waals surface area contributed by atoms with Crippen molar-refractivity contribution in [3.63, 3.8) is 0 Å². The van der Waals surface area contributed by atoms with E-state index in [-0.39, 0.29) is 0 Å². The van der Waals surface area contributed by atoms with Gasteiger partial charge in [-0.05, 0) is 49.4 Å². The summed E-state index contributed by atoms with van der Waals surface area (Å²) in [5.41, 5.74) is 5.45. The molecule has 2 heterocycles. The lowest BCUT2D eigenvalue weighted by molar-refractivity contribution is 0.458. The van der Waals surface area contributed by atoms with Gasteiger partial charge in [0.05, 0.1) is 0 Å². The van der Waals surface area contributed by atoms with Crippen LogP contribution in [0.4, 0.5) is 0 Å². The first-order valence-electron chi connectivity index (χ1n) is 6.61. The Kier molecular flexibility index (Phi) is 5.06. The molecule has 5 heteroatoms. The molecule has 102 valence electrons. The van der Waals surface area contributed by atoms with Gasteiger partial charge in [-0.1, -0.05) is 0 Å². The maximum atomic E-state index is 5.63. The van der Waals surface area contributed by atoms with Gasteiger partial charge in [-0.25, -0.2) is 0 Å². The van der Waals surface area contributed by atoms with Crippen LogP contribution in [0.25, 0.3) is 0 Å². The minimum Gasteiger partial charge on any atom is -0.273 e. The Morgan fingerprint density at radius 2 is 1.89 bits per heavy atom. The summed E-state index contributed by atoms with van der Waals surface area (Å²) in [7, 11) is 1.97. The standard InChI is InChI=1S/C14H21N5/c1-19-14(8-11-17-19)5-4-13(18-15)3-2-12-6-9-16-10-7-12/h6-11,13,18H,2-5,15H2,1H3. The molecular weight excluding hydrogens is 238 g/mol. The molecule has 1 unspecified atom stereocenters. The van der Waals surface area contributed by atoms with Crippen LogP contribution in [-0.2, 0) is 19.9 Å². The summed E-state index contributed by atoms with van der Waals surface area (Å²) < 4.78 is 1.91. The van der Waals surface area contributed by atoms with E-state index in [4.69, 9.17) is 5.84 Å². The Morgan fingerprint density at radius 1 is 1.16 bits per heavy atom. The molecule has 0 saturated carbocycles. The monoisotopic (exact) mass is 259 g/mol. The van der Waals surface area contributed by atoms with E-state index >= 15 is 0 Å². The molecule has 0 amide bonds. The lowest BCUT2D eigenvalue weighted by Gasteiger charge is -2.15. The molecule has 0 spiro atoms. The van der Waals surface area contributed by atoms with E-state index < -0.39 is 0 Å². The van der Waals surface area contributed by atoms with Crippen LogP contribution in [0.3, 0.4) is 0 Å². The number of nitrogens with zero attached hydrogens (tertiary/aromatic N) is 3. The van der Waals surface area contributed by atoms with Crippen LogP contribution in [0.2, 0.25) is 0 Å². The number of hydrogen-bond donors (Lipinski definition) is 2. The van der Waals surface area contributed by atoms with E-state index in [0.29, 0.717) is 6.04 Å². The van der Waals surface area contributed by atoms with Crippen molar-refractivity contribution in [2.75, 3.05) is 0 Å². The van der Waals surface area contributed by atoms with E-state index in [2.05, 4.69) is 33.7 Å². The second-order valence-corrected chi connectivity index (χ2v) is 4.74. The molecule has 19 heavy (non-hydrogen) atoms. The predicted octanol–water partition coefficient (Wildman–Crippen LogP) is 1.21. The first-order valence-corrected chi connectivity index (χ1v) is 6.61. The van der Waals surface area contributed by atoms with Gasteiger partial charge in [-0.2, -0.15) is 5.10 Å². The molecule has 1 atom stereocenters. The van der Waals surface area contributed by atoms with Crippen molar-refractivity contribution in [1.82, 2.24) is 20.2 Å². The van der Waals surface area contributed by atoms with Gasteiger partial charge in [0.1, 0.15) is 0 Å². The number of rotatable bonds is 7. The molecule has 0 radical (unpaired) electrons. The van der Waals surface area contributed by atoms with Gasteiger partial charge < -0.3 is 0 Å². The Bertz CT molecular complexity index is 480. The van der Waals surface area contributed by atoms with E-state index in [1.807, 2.05) is 30.3 Å². The highest BCUT2D eigenvalue weighted by Crippen LogP contribution is 2.09. The van der Waals surface area contributed by atoms with E-state index in [0.717, 1.165) is 25.7 Å². The highest BCUT2D eigenvalue weighted by Gasteiger charge is 2.08. The van der Waals surface area contributed by atoms with Crippen LogP contribution >= 0.6 is 0 Å². The maximum absolute atomic E-state index is 5.63. The zero-order valence-corrected chi connectivity index (χ0v) is 11.3. The highest BCUT2D eigenvalue weighted by atomic mass is 15.3. The van der Waals surface area contributed by atoms with Crippen LogP contribution < -0.4 is 11.3 Å². The van der Waals surface area contributed by atoms with Gasteiger partial charge in [0, 0.05) is 37.4 Å². The molecule has 0 aromatic carbocycles. The maximum Gasteiger partial charge on any atom is 0.0492 e. The second-order valence-electron chi connectivity index (χ2n) is 4.74. The number of aromatic nitrogens is 3. The lowest BCUT2D eigenvalue weighted by atomic mass is 10.0. The molecule has 0 saturated heterocycles. The van der Waals surface area contributed by atoms with Crippen molar-refractivity contribution in [1.29, 1.82) is 0 Å². The number of nitrogens with two attached hydrogens (primary N) is 1. The fraction of sp³-hybridized carbons (Fsp3) is 0.429. The highest BCUT2D eigenvalue weighted by molar-refractivity contribution is 5.10. The Balaban J connectivity index is 1.79. The summed E-state index contributed by atoms with van der Waals surface area (Å²) in [6.45, 7) is 0. The van der Waals surface area contributed by atoms with Gasteiger partial charge in [0.15, 0.2) is 0 Å². The summed E-state index contributed by atoms with van der Waals surface area (Å²) in [6.07, 6.45) is 9.53. The molecule has 3 N–H and O–H groups in total. The molecular formula is C14H21N5. The third-order valence-electron chi connectivity index (χ3n) is 3.44. The molecule has 2 aromatic heterocycles. The third-order valence-corrected chi connectivity index (χ3v) is 3.44. The topological polar surface area (TPSA) is 68.8 Å². The predicted molar refractivity (Wildman–Crippen MR) is 75.2 cm³/mol. The van der Waals surface area contributed by atoms with Gasteiger partial charge in [0.25, 0.3) is 0 Å². The van der Waals surface area contributed by atoms with Crippen molar-refractivity contribution in [3.05, 3.63) is 48.0 Å². The number of hydrogen-bond acceptors (Lipinski definition) is 4.